The first kappa shape index (κ1) is 25.3. The Balaban J connectivity index is 1.70. The summed E-state index contributed by atoms with van der Waals surface area (Å²) < 4.78 is 65.5. The largest absolute Gasteiger partial charge is 0.416 e. The zero-order valence-corrected chi connectivity index (χ0v) is 20.6. The summed E-state index contributed by atoms with van der Waals surface area (Å²) in [6.07, 6.45) is 0.0909. The smallest absolute Gasteiger partial charge is 0.353 e. The molecule has 0 unspecified atom stereocenters. The van der Waals surface area contributed by atoms with Crippen molar-refractivity contribution in [1.82, 2.24) is 19.3 Å². The Kier molecular flexibility index (Phi) is 7.03. The number of nitrogens with zero attached hydrogens (tertiary/aromatic N) is 5. The van der Waals surface area contributed by atoms with E-state index in [1.807, 2.05) is 4.90 Å². The van der Waals surface area contributed by atoms with Gasteiger partial charge in [0.05, 0.1) is 27.7 Å². The normalized spacial score (nSPS) is 15.6. The Hall–Kier alpha value is -2.76. The number of hydrogen-bond donors (Lipinski definition) is 0. The minimum absolute atomic E-state index is 0.314. The number of alkyl halides is 3. The van der Waals surface area contributed by atoms with Crippen LogP contribution in [0, 0.1) is 0 Å². The van der Waals surface area contributed by atoms with Crippen molar-refractivity contribution in [1.29, 1.82) is 0 Å². The lowest BCUT2D eigenvalue weighted by molar-refractivity contribution is -0.137. The molecule has 7 nitrogen and oxygen atoms in total. The highest BCUT2D eigenvalue weighted by molar-refractivity contribution is 7.89. The maximum atomic E-state index is 13.0. The van der Waals surface area contributed by atoms with Crippen LogP contribution in [0.3, 0.4) is 0 Å². The van der Waals surface area contributed by atoms with Crippen LogP contribution in [-0.2, 0) is 16.2 Å². The molecule has 1 aliphatic rings. The molecule has 1 saturated heterocycles. The van der Waals surface area contributed by atoms with E-state index in [1.165, 1.54) is 28.8 Å². The third-order valence-corrected chi connectivity index (χ3v) is 8.37. The highest BCUT2D eigenvalue weighted by Gasteiger charge is 2.31. The molecule has 35 heavy (non-hydrogen) atoms. The fourth-order valence-electron chi connectivity index (χ4n) is 3.79. The second-order valence-corrected chi connectivity index (χ2v) is 11.2. The van der Waals surface area contributed by atoms with Gasteiger partial charge in [-0.05, 0) is 32.0 Å². The summed E-state index contributed by atoms with van der Waals surface area (Å²) in [6, 6.07) is 6.35. The Bertz CT molecular complexity index is 1310. The third kappa shape index (κ3) is 5.26. The van der Waals surface area contributed by atoms with Crippen LogP contribution in [0.2, 0.25) is 5.02 Å². The van der Waals surface area contributed by atoms with E-state index >= 15 is 0 Å². The molecule has 0 N–H and O–H groups in total. The number of anilines is 1. The van der Waals surface area contributed by atoms with Crippen molar-refractivity contribution in [2.45, 2.75) is 25.3 Å². The second kappa shape index (κ2) is 9.71. The van der Waals surface area contributed by atoms with E-state index in [-0.39, 0.29) is 0 Å². The van der Waals surface area contributed by atoms with E-state index in [0.717, 1.165) is 12.1 Å². The summed E-state index contributed by atoms with van der Waals surface area (Å²) in [5, 5.41) is -0.183. The van der Waals surface area contributed by atoms with Gasteiger partial charge in [0.2, 0.25) is 10.0 Å². The third-order valence-electron chi connectivity index (χ3n) is 5.79. The molecule has 4 rings (SSSR count). The van der Waals surface area contributed by atoms with E-state index in [1.54, 1.807) is 26.1 Å². The summed E-state index contributed by atoms with van der Waals surface area (Å²) >= 11 is 6.37. The number of rotatable bonds is 5. The van der Waals surface area contributed by atoms with Crippen molar-refractivity contribution in [2.75, 3.05) is 31.1 Å². The lowest BCUT2D eigenvalue weighted by Gasteiger charge is -2.35. The Morgan fingerprint density at radius 1 is 0.971 bits per heavy atom. The van der Waals surface area contributed by atoms with E-state index in [0.29, 0.717) is 59.5 Å². The van der Waals surface area contributed by atoms with Crippen LogP contribution in [0.15, 0.2) is 48.9 Å². The number of hydrogen-bond acceptors (Lipinski definition) is 6. The van der Waals surface area contributed by atoms with Crippen LogP contribution in [-0.4, -0.2) is 59.1 Å². The number of halogens is 4. The van der Waals surface area contributed by atoms with Gasteiger partial charge in [-0.15, -0.1) is 0 Å². The minimum atomic E-state index is -4.45. The molecule has 3 heterocycles. The maximum absolute atomic E-state index is 13.0. The van der Waals surface area contributed by atoms with Crippen molar-refractivity contribution in [3.05, 3.63) is 59.5 Å². The van der Waals surface area contributed by atoms with Gasteiger partial charge in [0, 0.05) is 49.7 Å². The van der Waals surface area contributed by atoms with Gasteiger partial charge < -0.3 is 4.90 Å². The topological polar surface area (TPSA) is 79.3 Å². The fourth-order valence-corrected chi connectivity index (χ4v) is 5.26. The molecule has 3 aromatic rings. The highest BCUT2D eigenvalue weighted by atomic mass is 35.5. The fraction of sp³-hybridized carbons (Fsp3) is 0.348. The van der Waals surface area contributed by atoms with Crippen LogP contribution < -0.4 is 4.90 Å². The van der Waals surface area contributed by atoms with Crippen molar-refractivity contribution >= 4 is 27.4 Å². The summed E-state index contributed by atoms with van der Waals surface area (Å²) in [4.78, 5) is 15.2. The Labute approximate surface area is 206 Å². The van der Waals surface area contributed by atoms with E-state index < -0.39 is 27.0 Å². The lowest BCUT2D eigenvalue weighted by atomic mass is 10.0. The molecule has 0 bridgehead atoms. The molecular weight excluding hydrogens is 503 g/mol. The molecule has 1 fully saturated rings. The molecular formula is C23H23ClF3N5O2S. The number of aromatic nitrogens is 3. The molecule has 0 amide bonds. The van der Waals surface area contributed by atoms with Crippen molar-refractivity contribution in [3.8, 4) is 22.5 Å². The lowest BCUT2D eigenvalue weighted by Crippen LogP contribution is -2.50. The molecule has 186 valence electrons. The predicted molar refractivity (Wildman–Crippen MR) is 129 cm³/mol. The molecule has 0 atom stereocenters. The Morgan fingerprint density at radius 3 is 2.20 bits per heavy atom. The van der Waals surface area contributed by atoms with E-state index in [2.05, 4.69) is 9.97 Å². The van der Waals surface area contributed by atoms with Crippen molar-refractivity contribution in [2.24, 2.45) is 0 Å². The number of piperazine rings is 1. The summed E-state index contributed by atoms with van der Waals surface area (Å²) in [5.74, 6) is 0.519. The molecule has 12 heteroatoms. The number of benzene rings is 1. The van der Waals surface area contributed by atoms with Gasteiger partial charge >= 0.3 is 6.18 Å². The summed E-state index contributed by atoms with van der Waals surface area (Å²) in [6.45, 7) is 4.77. The van der Waals surface area contributed by atoms with Gasteiger partial charge in [-0.2, -0.15) is 17.5 Å². The molecule has 1 aromatic carbocycles. The van der Waals surface area contributed by atoms with Gasteiger partial charge in [0.15, 0.2) is 0 Å². The monoisotopic (exact) mass is 525 g/mol. The van der Waals surface area contributed by atoms with E-state index in [9.17, 15) is 21.6 Å². The molecule has 0 radical (unpaired) electrons. The standard InChI is InChI=1S/C23H23ClF3N5O2S/c1-15(2)35(33,34)32-11-9-31(10-12-32)20-14-29-21(16-3-5-17(6-4-16)23(25,26)27)22(30-20)18-7-8-28-13-19(18)24/h3-8,13-15H,9-12H2,1-2H3. The van der Waals surface area contributed by atoms with Gasteiger partial charge in [-0.25, -0.2) is 13.4 Å². The van der Waals surface area contributed by atoms with Crippen molar-refractivity contribution < 1.29 is 21.6 Å². The molecule has 0 aliphatic carbocycles. The first-order chi connectivity index (χ1) is 16.5. The quantitative estimate of drug-likeness (QED) is 0.479. The SMILES string of the molecule is CC(C)S(=O)(=O)N1CCN(c2cnc(-c3ccc(C(F)(F)F)cc3)c(-c3ccncc3Cl)n2)CC1. The first-order valence-corrected chi connectivity index (χ1v) is 12.7. The van der Waals surface area contributed by atoms with Crippen molar-refractivity contribution in [3.63, 3.8) is 0 Å². The Morgan fingerprint density at radius 2 is 1.63 bits per heavy atom. The zero-order chi connectivity index (χ0) is 25.4. The van der Waals surface area contributed by atoms with Crippen LogP contribution >= 0.6 is 11.6 Å². The number of sulfonamides is 1. The minimum Gasteiger partial charge on any atom is -0.353 e. The van der Waals surface area contributed by atoms with Crippen LogP contribution in [0.5, 0.6) is 0 Å². The predicted octanol–water partition coefficient (Wildman–Crippen LogP) is 4.74. The van der Waals surface area contributed by atoms with Gasteiger partial charge in [0.1, 0.15) is 11.5 Å². The van der Waals surface area contributed by atoms with Crippen LogP contribution in [0.4, 0.5) is 19.0 Å². The van der Waals surface area contributed by atoms with Crippen LogP contribution in [0.1, 0.15) is 19.4 Å². The van der Waals surface area contributed by atoms with Gasteiger partial charge in [-0.3, -0.25) is 9.97 Å². The number of pyridine rings is 1. The molecule has 1 aliphatic heterocycles. The molecule has 0 saturated carbocycles. The van der Waals surface area contributed by atoms with Gasteiger partial charge in [0.25, 0.3) is 0 Å². The molecule has 2 aromatic heterocycles. The molecule has 0 spiro atoms. The highest BCUT2D eigenvalue weighted by Crippen LogP contribution is 2.36. The average molecular weight is 526 g/mol. The summed E-state index contributed by atoms with van der Waals surface area (Å²) in [5.41, 5.74) is 0.992. The van der Waals surface area contributed by atoms with Gasteiger partial charge in [-0.1, -0.05) is 23.7 Å². The van der Waals surface area contributed by atoms with Crippen LogP contribution in [0.25, 0.3) is 22.5 Å². The first-order valence-electron chi connectivity index (χ1n) is 10.9. The second-order valence-electron chi connectivity index (χ2n) is 8.34. The zero-order valence-electron chi connectivity index (χ0n) is 19.0. The maximum Gasteiger partial charge on any atom is 0.416 e. The average Bonchev–Trinajstić information content (AvgIpc) is 2.83. The van der Waals surface area contributed by atoms with E-state index in [4.69, 9.17) is 16.6 Å². The summed E-state index contributed by atoms with van der Waals surface area (Å²) in [7, 11) is -3.35.